The number of benzene rings is 1. The Labute approximate surface area is 135 Å². The summed E-state index contributed by atoms with van der Waals surface area (Å²) < 4.78 is 0. The molecule has 1 heterocycles. The minimum absolute atomic E-state index is 0.271. The predicted octanol–water partition coefficient (Wildman–Crippen LogP) is 3.62. The zero-order valence-electron chi connectivity index (χ0n) is 12.7. The van der Waals surface area contributed by atoms with Crippen LogP contribution in [0.5, 0.6) is 0 Å². The number of hydrogen-bond acceptors (Lipinski definition) is 4. The Morgan fingerprint density at radius 2 is 2.14 bits per heavy atom. The van der Waals surface area contributed by atoms with Crippen LogP contribution in [0.4, 0.5) is 11.5 Å². The number of hydrogen-bond donors (Lipinski definition) is 1. The van der Waals surface area contributed by atoms with Crippen molar-refractivity contribution < 1.29 is 4.79 Å². The second-order valence-electron chi connectivity index (χ2n) is 5.00. The first-order valence-corrected chi connectivity index (χ1v) is 7.58. The number of aromatic nitrogens is 2. The number of halogens is 1. The zero-order chi connectivity index (χ0) is 15.9. The number of unbranched alkanes of at least 4 members (excludes halogenated alkanes) is 1. The summed E-state index contributed by atoms with van der Waals surface area (Å²) in [7, 11) is 1.96. The lowest BCUT2D eigenvalue weighted by Crippen LogP contribution is -2.21. The average Bonchev–Trinajstić information content (AvgIpc) is 2.52. The van der Waals surface area contributed by atoms with E-state index in [2.05, 4.69) is 22.2 Å². The molecule has 0 aliphatic heterocycles. The SMILES string of the molecule is CCCCN(C)c1cnc(C(=O)Nc2cccc(Cl)c2)cn1. The second kappa shape index (κ2) is 7.75. The van der Waals surface area contributed by atoms with Gasteiger partial charge in [-0.2, -0.15) is 0 Å². The molecule has 6 heteroatoms. The highest BCUT2D eigenvalue weighted by Gasteiger charge is 2.10. The smallest absolute Gasteiger partial charge is 0.275 e. The molecular weight excluding hydrogens is 300 g/mol. The molecule has 2 rings (SSSR count). The normalized spacial score (nSPS) is 10.3. The van der Waals surface area contributed by atoms with Crippen molar-refractivity contribution in [1.82, 2.24) is 9.97 Å². The van der Waals surface area contributed by atoms with E-state index >= 15 is 0 Å². The molecule has 1 aromatic heterocycles. The fourth-order valence-corrected chi connectivity index (χ4v) is 2.10. The van der Waals surface area contributed by atoms with Crippen LogP contribution in [0, 0.1) is 0 Å². The molecule has 2 aromatic rings. The van der Waals surface area contributed by atoms with Crippen molar-refractivity contribution in [3.63, 3.8) is 0 Å². The van der Waals surface area contributed by atoms with Crippen LogP contribution in [0.25, 0.3) is 0 Å². The van der Waals surface area contributed by atoms with Crippen LogP contribution in [-0.2, 0) is 0 Å². The molecule has 0 saturated carbocycles. The molecule has 1 aromatic carbocycles. The molecule has 5 nitrogen and oxygen atoms in total. The third-order valence-corrected chi connectivity index (χ3v) is 3.43. The van der Waals surface area contributed by atoms with E-state index in [0.29, 0.717) is 10.7 Å². The van der Waals surface area contributed by atoms with Crippen LogP contribution < -0.4 is 10.2 Å². The van der Waals surface area contributed by atoms with E-state index in [0.717, 1.165) is 25.2 Å². The van der Waals surface area contributed by atoms with E-state index in [9.17, 15) is 4.79 Å². The molecule has 0 unspecified atom stereocenters. The van der Waals surface area contributed by atoms with Crippen molar-refractivity contribution in [2.45, 2.75) is 19.8 Å². The fourth-order valence-electron chi connectivity index (χ4n) is 1.91. The van der Waals surface area contributed by atoms with E-state index in [1.54, 1.807) is 30.5 Å². The largest absolute Gasteiger partial charge is 0.358 e. The summed E-state index contributed by atoms with van der Waals surface area (Å²) in [6.45, 7) is 3.06. The Morgan fingerprint density at radius 3 is 2.77 bits per heavy atom. The molecule has 0 bridgehead atoms. The van der Waals surface area contributed by atoms with E-state index < -0.39 is 0 Å². The highest BCUT2D eigenvalue weighted by molar-refractivity contribution is 6.30. The molecule has 0 spiro atoms. The van der Waals surface area contributed by atoms with Crippen LogP contribution in [0.1, 0.15) is 30.3 Å². The Balaban J connectivity index is 2.02. The van der Waals surface area contributed by atoms with Crippen LogP contribution >= 0.6 is 11.6 Å². The number of carbonyl (C=O) groups excluding carboxylic acids is 1. The molecule has 0 aliphatic carbocycles. The van der Waals surface area contributed by atoms with Gasteiger partial charge in [0.25, 0.3) is 5.91 Å². The van der Waals surface area contributed by atoms with Gasteiger partial charge >= 0.3 is 0 Å². The van der Waals surface area contributed by atoms with Gasteiger partial charge in [-0.15, -0.1) is 0 Å². The molecule has 0 saturated heterocycles. The van der Waals surface area contributed by atoms with Crippen molar-refractivity contribution in [2.75, 3.05) is 23.8 Å². The summed E-state index contributed by atoms with van der Waals surface area (Å²) in [5, 5.41) is 3.31. The first-order chi connectivity index (χ1) is 10.6. The summed E-state index contributed by atoms with van der Waals surface area (Å²) >= 11 is 5.89. The Bertz CT molecular complexity index is 630. The predicted molar refractivity (Wildman–Crippen MR) is 89.6 cm³/mol. The van der Waals surface area contributed by atoms with Gasteiger partial charge in [-0.1, -0.05) is 31.0 Å². The second-order valence-corrected chi connectivity index (χ2v) is 5.44. The standard InChI is InChI=1S/C16H19ClN4O/c1-3-4-8-21(2)15-11-18-14(10-19-15)16(22)20-13-7-5-6-12(17)9-13/h5-7,9-11H,3-4,8H2,1-2H3,(H,20,22). The highest BCUT2D eigenvalue weighted by atomic mass is 35.5. The van der Waals surface area contributed by atoms with Crippen molar-refractivity contribution >= 4 is 29.0 Å². The maximum Gasteiger partial charge on any atom is 0.275 e. The number of carbonyl (C=O) groups is 1. The van der Waals surface area contributed by atoms with Crippen molar-refractivity contribution in [3.8, 4) is 0 Å². The maximum atomic E-state index is 12.1. The van der Waals surface area contributed by atoms with E-state index in [-0.39, 0.29) is 11.6 Å². The van der Waals surface area contributed by atoms with Gasteiger partial charge in [0.1, 0.15) is 11.5 Å². The third-order valence-electron chi connectivity index (χ3n) is 3.19. The summed E-state index contributed by atoms with van der Waals surface area (Å²) in [6, 6.07) is 6.97. The average molecular weight is 319 g/mol. The van der Waals surface area contributed by atoms with Gasteiger partial charge < -0.3 is 10.2 Å². The van der Waals surface area contributed by atoms with Crippen molar-refractivity contribution in [2.24, 2.45) is 0 Å². The van der Waals surface area contributed by atoms with E-state index in [4.69, 9.17) is 11.6 Å². The van der Waals surface area contributed by atoms with Gasteiger partial charge in [0, 0.05) is 24.3 Å². The number of anilines is 2. The molecule has 0 fully saturated rings. The third kappa shape index (κ3) is 4.43. The molecule has 22 heavy (non-hydrogen) atoms. The topological polar surface area (TPSA) is 58.1 Å². The molecule has 1 amide bonds. The van der Waals surface area contributed by atoms with Gasteiger partial charge in [0.05, 0.1) is 12.4 Å². The monoisotopic (exact) mass is 318 g/mol. The van der Waals surface area contributed by atoms with Gasteiger partial charge in [-0.25, -0.2) is 9.97 Å². The Hall–Kier alpha value is -2.14. The van der Waals surface area contributed by atoms with Crippen LogP contribution in [0.2, 0.25) is 5.02 Å². The minimum atomic E-state index is -0.308. The van der Waals surface area contributed by atoms with Crippen molar-refractivity contribution in [3.05, 3.63) is 47.4 Å². The molecular formula is C16H19ClN4O. The molecule has 0 aliphatic rings. The summed E-state index contributed by atoms with van der Waals surface area (Å²) in [5.74, 6) is 0.449. The number of nitrogens with one attached hydrogen (secondary N) is 1. The Morgan fingerprint density at radius 1 is 1.32 bits per heavy atom. The number of nitrogens with zero attached hydrogens (tertiary/aromatic N) is 3. The van der Waals surface area contributed by atoms with Crippen LogP contribution in [-0.4, -0.2) is 29.5 Å². The lowest BCUT2D eigenvalue weighted by molar-refractivity contribution is 0.102. The lowest BCUT2D eigenvalue weighted by atomic mass is 10.3. The quantitative estimate of drug-likeness (QED) is 0.883. The maximum absolute atomic E-state index is 12.1. The summed E-state index contributed by atoms with van der Waals surface area (Å²) in [5.41, 5.74) is 0.899. The number of rotatable bonds is 6. The lowest BCUT2D eigenvalue weighted by Gasteiger charge is -2.17. The molecule has 1 N–H and O–H groups in total. The van der Waals surface area contributed by atoms with Gasteiger partial charge in [-0.3, -0.25) is 4.79 Å². The fraction of sp³-hybridized carbons (Fsp3) is 0.312. The summed E-state index contributed by atoms with van der Waals surface area (Å²) in [6.07, 6.45) is 5.31. The molecule has 0 radical (unpaired) electrons. The zero-order valence-corrected chi connectivity index (χ0v) is 13.5. The first kappa shape index (κ1) is 16.2. The highest BCUT2D eigenvalue weighted by Crippen LogP contribution is 2.16. The summed E-state index contributed by atoms with van der Waals surface area (Å²) in [4.78, 5) is 22.6. The number of amides is 1. The first-order valence-electron chi connectivity index (χ1n) is 7.20. The van der Waals surface area contributed by atoms with Gasteiger partial charge in [0.15, 0.2) is 0 Å². The van der Waals surface area contributed by atoms with Crippen molar-refractivity contribution in [1.29, 1.82) is 0 Å². The van der Waals surface area contributed by atoms with Crippen LogP contribution in [0.15, 0.2) is 36.7 Å². The van der Waals surface area contributed by atoms with E-state index in [1.165, 1.54) is 6.20 Å². The Kier molecular flexibility index (Phi) is 5.72. The van der Waals surface area contributed by atoms with E-state index in [1.807, 2.05) is 11.9 Å². The van der Waals surface area contributed by atoms with Gasteiger partial charge in [0.2, 0.25) is 0 Å². The van der Waals surface area contributed by atoms with Gasteiger partial charge in [-0.05, 0) is 24.6 Å². The minimum Gasteiger partial charge on any atom is -0.358 e. The molecule has 116 valence electrons. The van der Waals surface area contributed by atoms with Crippen LogP contribution in [0.3, 0.4) is 0 Å². The molecule has 0 atom stereocenters.